The molecule has 2 atom stereocenters. The lowest BCUT2D eigenvalue weighted by atomic mass is 10.0. The topological polar surface area (TPSA) is 137 Å². The van der Waals surface area contributed by atoms with Gasteiger partial charge in [-0.15, -0.1) is 0 Å². The number of hydrogen-bond acceptors (Lipinski definition) is 9. The van der Waals surface area contributed by atoms with Gasteiger partial charge in [0.25, 0.3) is 0 Å². The Kier molecular flexibility index (Phi) is 19.9. The second kappa shape index (κ2) is 22.0. The number of ether oxygens (including phenoxy) is 2. The van der Waals surface area contributed by atoms with Crippen molar-refractivity contribution in [1.82, 2.24) is 19.5 Å². The van der Waals surface area contributed by atoms with Gasteiger partial charge in [-0.05, 0) is 19.8 Å². The Balaban J connectivity index is 0.00000800. The van der Waals surface area contributed by atoms with Crippen molar-refractivity contribution in [2.45, 2.75) is 123 Å². The first-order valence-corrected chi connectivity index (χ1v) is 16.7. The minimum absolute atomic E-state index is 0. The SMILES string of the molecule is CCCCCCCCCCCCCCCCOCCCOP(=O)([O-])COC(C)Cn1cnc2c(N)ncnc21.[CH3+]. The Bertz CT molecular complexity index is 945. The van der Waals surface area contributed by atoms with Crippen LogP contribution in [0.4, 0.5) is 5.82 Å². The first-order chi connectivity index (χ1) is 18.9. The Morgan fingerprint density at radius 3 is 2.08 bits per heavy atom. The molecule has 0 aliphatic heterocycles. The largest absolute Gasteiger partial charge is 0.777 e. The molecule has 0 aliphatic rings. The van der Waals surface area contributed by atoms with E-state index in [4.69, 9.17) is 19.7 Å². The maximum absolute atomic E-state index is 12.2. The molecule has 11 heteroatoms. The summed E-state index contributed by atoms with van der Waals surface area (Å²) < 4.78 is 30.1. The van der Waals surface area contributed by atoms with Gasteiger partial charge in [0.2, 0.25) is 0 Å². The number of fused-ring (bicyclic) bond motifs is 1. The van der Waals surface area contributed by atoms with Crippen molar-refractivity contribution >= 4 is 24.6 Å². The van der Waals surface area contributed by atoms with Gasteiger partial charge in [0.05, 0.1) is 25.6 Å². The monoisotopic (exact) mass is 583 g/mol. The molecular formula is C29H54N5O5P. The van der Waals surface area contributed by atoms with E-state index < -0.39 is 20.0 Å². The van der Waals surface area contributed by atoms with E-state index in [1.807, 2.05) is 0 Å². The number of rotatable bonds is 25. The van der Waals surface area contributed by atoms with Crippen LogP contribution in [0.2, 0.25) is 0 Å². The van der Waals surface area contributed by atoms with Crippen LogP contribution in [0, 0.1) is 7.43 Å². The molecule has 230 valence electrons. The lowest BCUT2D eigenvalue weighted by molar-refractivity contribution is -0.205. The fourth-order valence-corrected chi connectivity index (χ4v) is 5.40. The van der Waals surface area contributed by atoms with Crippen molar-refractivity contribution in [2.75, 3.05) is 31.9 Å². The summed E-state index contributed by atoms with van der Waals surface area (Å²) in [5.41, 5.74) is 6.88. The Hall–Kier alpha value is -1.71. The molecule has 0 saturated heterocycles. The van der Waals surface area contributed by atoms with Crippen LogP contribution in [-0.2, 0) is 25.1 Å². The Morgan fingerprint density at radius 1 is 0.875 bits per heavy atom. The van der Waals surface area contributed by atoms with Crippen LogP contribution < -0.4 is 10.6 Å². The molecule has 0 aliphatic carbocycles. The van der Waals surface area contributed by atoms with Crippen LogP contribution in [0.15, 0.2) is 12.7 Å². The van der Waals surface area contributed by atoms with E-state index in [2.05, 4.69) is 21.9 Å². The summed E-state index contributed by atoms with van der Waals surface area (Å²) in [6, 6.07) is 0. The molecule has 0 saturated carbocycles. The van der Waals surface area contributed by atoms with Crippen molar-refractivity contribution in [3.05, 3.63) is 20.1 Å². The number of hydrogen-bond donors (Lipinski definition) is 1. The highest BCUT2D eigenvalue weighted by molar-refractivity contribution is 7.51. The zero-order chi connectivity index (χ0) is 28.2. The van der Waals surface area contributed by atoms with E-state index in [0.29, 0.717) is 43.2 Å². The van der Waals surface area contributed by atoms with E-state index in [1.54, 1.807) is 17.8 Å². The van der Waals surface area contributed by atoms with Crippen LogP contribution in [0.3, 0.4) is 0 Å². The highest BCUT2D eigenvalue weighted by atomic mass is 31.2. The smallest absolute Gasteiger partial charge is 0.165 e. The summed E-state index contributed by atoms with van der Waals surface area (Å²) in [6.07, 6.45) is 21.3. The second-order valence-corrected chi connectivity index (χ2v) is 12.2. The fourth-order valence-electron chi connectivity index (χ4n) is 4.48. The van der Waals surface area contributed by atoms with E-state index in [1.165, 1.54) is 89.8 Å². The van der Waals surface area contributed by atoms with Crippen LogP contribution in [0.1, 0.15) is 110 Å². The lowest BCUT2D eigenvalue weighted by Gasteiger charge is -2.25. The molecule has 2 aromatic rings. The molecule has 2 rings (SSSR count). The first-order valence-electron chi connectivity index (χ1n) is 15.0. The fraction of sp³-hybridized carbons (Fsp3) is 0.793. The zero-order valence-electron chi connectivity index (χ0n) is 25.2. The third-order valence-corrected chi connectivity index (χ3v) is 7.80. The summed E-state index contributed by atoms with van der Waals surface area (Å²) in [7, 11) is -4.08. The van der Waals surface area contributed by atoms with Gasteiger partial charge in [0.15, 0.2) is 19.1 Å². The predicted octanol–water partition coefficient (Wildman–Crippen LogP) is 6.68. The molecule has 0 spiro atoms. The summed E-state index contributed by atoms with van der Waals surface area (Å²) in [4.78, 5) is 24.4. The van der Waals surface area contributed by atoms with Crippen LogP contribution in [0.25, 0.3) is 11.2 Å². The third kappa shape index (κ3) is 15.9. The predicted molar refractivity (Wildman–Crippen MR) is 161 cm³/mol. The number of aromatic nitrogens is 4. The maximum atomic E-state index is 12.2. The number of imidazole rings is 1. The number of nitrogens with zero attached hydrogens (tertiary/aromatic N) is 4. The summed E-state index contributed by atoms with van der Waals surface area (Å²) in [6.45, 7) is 5.73. The van der Waals surface area contributed by atoms with Gasteiger partial charge < -0.3 is 33.8 Å². The number of unbranched alkanes of at least 4 members (excludes halogenated alkanes) is 13. The van der Waals surface area contributed by atoms with Gasteiger partial charge in [-0.3, -0.25) is 0 Å². The van der Waals surface area contributed by atoms with Crippen molar-refractivity contribution in [3.8, 4) is 0 Å². The summed E-state index contributed by atoms with van der Waals surface area (Å²) in [5.74, 6) is 0.299. The third-order valence-electron chi connectivity index (χ3n) is 6.76. The molecule has 2 unspecified atom stereocenters. The van der Waals surface area contributed by atoms with Crippen LogP contribution >= 0.6 is 7.60 Å². The number of nitrogen functional groups attached to an aromatic ring is 1. The van der Waals surface area contributed by atoms with Crippen molar-refractivity contribution in [2.24, 2.45) is 0 Å². The van der Waals surface area contributed by atoms with Crippen molar-refractivity contribution in [3.63, 3.8) is 0 Å². The molecule has 2 heterocycles. The zero-order valence-corrected chi connectivity index (χ0v) is 26.1. The minimum atomic E-state index is -4.08. The molecule has 2 N–H and O–H groups in total. The van der Waals surface area contributed by atoms with Crippen LogP contribution in [-0.4, -0.2) is 51.8 Å². The minimum Gasteiger partial charge on any atom is -0.777 e. The van der Waals surface area contributed by atoms with Gasteiger partial charge in [0.1, 0.15) is 18.2 Å². The van der Waals surface area contributed by atoms with Crippen LogP contribution in [0.5, 0.6) is 0 Å². The van der Waals surface area contributed by atoms with Gasteiger partial charge in [-0.25, -0.2) is 15.0 Å². The van der Waals surface area contributed by atoms with Crippen molar-refractivity contribution < 1.29 is 23.5 Å². The van der Waals surface area contributed by atoms with E-state index in [0.717, 1.165) is 6.42 Å². The highest BCUT2D eigenvalue weighted by Crippen LogP contribution is 2.37. The normalized spacial score (nSPS) is 13.8. The molecule has 2 aromatic heterocycles. The average molecular weight is 584 g/mol. The lowest BCUT2D eigenvalue weighted by Crippen LogP contribution is -2.20. The Morgan fingerprint density at radius 2 is 1.45 bits per heavy atom. The maximum Gasteiger partial charge on any atom is 0.165 e. The molecule has 0 amide bonds. The van der Waals surface area contributed by atoms with E-state index >= 15 is 0 Å². The van der Waals surface area contributed by atoms with E-state index in [-0.39, 0.29) is 14.0 Å². The van der Waals surface area contributed by atoms with Gasteiger partial charge in [0, 0.05) is 20.6 Å². The highest BCUT2D eigenvalue weighted by Gasteiger charge is 2.14. The second-order valence-electron chi connectivity index (χ2n) is 10.4. The van der Waals surface area contributed by atoms with Gasteiger partial charge in [-0.2, -0.15) is 0 Å². The van der Waals surface area contributed by atoms with Gasteiger partial charge >= 0.3 is 0 Å². The first kappa shape index (κ1) is 36.3. The van der Waals surface area contributed by atoms with E-state index in [9.17, 15) is 9.46 Å². The Labute approximate surface area is 242 Å². The molecule has 0 radical (unpaired) electrons. The molecule has 40 heavy (non-hydrogen) atoms. The van der Waals surface area contributed by atoms with Gasteiger partial charge in [-0.1, -0.05) is 90.4 Å². The average Bonchev–Trinajstić information content (AvgIpc) is 3.32. The number of anilines is 1. The molecule has 0 bridgehead atoms. The molecule has 10 nitrogen and oxygen atoms in total. The standard InChI is InChI=1S/C28H52N5O5P.CH3/c1-3-4-5-6-7-8-9-10-11-12-13-14-15-16-18-36-19-17-20-38-39(34,35)24-37-25(2)21-33-23-32-26-27(29)30-22-31-28(26)33;/h22-23,25H,3-21,24H2,1-2H3,(H,34,35)(H2,29,30,31);1H3/q;+1/p-1. The molecular weight excluding hydrogens is 529 g/mol. The van der Waals surface area contributed by atoms with Crippen molar-refractivity contribution in [1.29, 1.82) is 0 Å². The molecule has 0 aromatic carbocycles. The summed E-state index contributed by atoms with van der Waals surface area (Å²) >= 11 is 0. The summed E-state index contributed by atoms with van der Waals surface area (Å²) in [5, 5.41) is 0. The quantitative estimate of drug-likeness (QED) is 0.0770. The molecule has 0 fully saturated rings. The number of nitrogens with two attached hydrogens (primary N) is 1.